The summed E-state index contributed by atoms with van der Waals surface area (Å²) in [7, 11) is 0. The molecule has 0 spiro atoms. The van der Waals surface area contributed by atoms with Gasteiger partial charge in [-0.15, -0.1) is 0 Å². The van der Waals surface area contributed by atoms with Gasteiger partial charge in [0.15, 0.2) is 0 Å². The molecule has 1 saturated heterocycles. The third-order valence-corrected chi connectivity index (χ3v) is 3.11. The largest absolute Gasteiger partial charge is 0.506 e. The molecule has 1 aliphatic heterocycles. The fraction of sp³-hybridized carbons (Fsp3) is 0.462. The van der Waals surface area contributed by atoms with Gasteiger partial charge in [0, 0.05) is 31.7 Å². The molecule has 6 heteroatoms. The lowest BCUT2D eigenvalue weighted by Crippen LogP contribution is -2.41. The second-order valence-corrected chi connectivity index (χ2v) is 4.48. The van der Waals surface area contributed by atoms with Crippen molar-refractivity contribution in [1.29, 1.82) is 0 Å². The number of nitrogens with zero attached hydrogens (tertiary/aromatic N) is 1. The van der Waals surface area contributed by atoms with Crippen LogP contribution in [-0.2, 0) is 4.74 Å². The summed E-state index contributed by atoms with van der Waals surface area (Å²) in [6.45, 7) is 4.68. The molecule has 2 rings (SSSR count). The lowest BCUT2D eigenvalue weighted by molar-refractivity contribution is 0.0383. The predicted octanol–water partition coefficient (Wildman–Crippen LogP) is 0.0364. The molecule has 104 valence electrons. The van der Waals surface area contributed by atoms with Gasteiger partial charge in [0.25, 0.3) is 5.91 Å². The van der Waals surface area contributed by atoms with Crippen LogP contribution in [-0.4, -0.2) is 55.3 Å². The quantitative estimate of drug-likeness (QED) is 0.528. The summed E-state index contributed by atoms with van der Waals surface area (Å²) in [4.78, 5) is 14.1. The summed E-state index contributed by atoms with van der Waals surface area (Å²) >= 11 is 0. The van der Waals surface area contributed by atoms with E-state index >= 15 is 0 Å². The normalized spacial score (nSPS) is 16.2. The molecule has 1 heterocycles. The van der Waals surface area contributed by atoms with Gasteiger partial charge in [0.05, 0.1) is 18.9 Å². The van der Waals surface area contributed by atoms with Crippen molar-refractivity contribution in [2.45, 2.75) is 0 Å². The smallest absolute Gasteiger partial charge is 0.251 e. The number of morpholine rings is 1. The van der Waals surface area contributed by atoms with Gasteiger partial charge in [0.2, 0.25) is 0 Å². The lowest BCUT2D eigenvalue weighted by atomic mass is 10.2. The predicted molar refractivity (Wildman–Crippen MR) is 72.1 cm³/mol. The van der Waals surface area contributed by atoms with Crippen LogP contribution >= 0.6 is 0 Å². The van der Waals surface area contributed by atoms with Crippen LogP contribution in [0.25, 0.3) is 0 Å². The van der Waals surface area contributed by atoms with E-state index in [1.807, 2.05) is 0 Å². The molecule has 1 aromatic carbocycles. The maximum atomic E-state index is 11.8. The third-order valence-electron chi connectivity index (χ3n) is 3.11. The number of phenols is 1. The molecule has 1 aromatic rings. The van der Waals surface area contributed by atoms with Crippen LogP contribution in [0.3, 0.4) is 0 Å². The summed E-state index contributed by atoms with van der Waals surface area (Å²) < 4.78 is 5.25. The maximum absolute atomic E-state index is 11.8. The lowest BCUT2D eigenvalue weighted by Gasteiger charge is -2.26. The molecule has 0 aliphatic carbocycles. The minimum absolute atomic E-state index is 0.0687. The number of rotatable bonds is 4. The number of hydrogen-bond acceptors (Lipinski definition) is 5. The molecule has 0 bridgehead atoms. The van der Waals surface area contributed by atoms with E-state index in [9.17, 15) is 9.90 Å². The van der Waals surface area contributed by atoms with Crippen molar-refractivity contribution in [2.24, 2.45) is 0 Å². The van der Waals surface area contributed by atoms with E-state index < -0.39 is 0 Å². The third kappa shape index (κ3) is 3.84. The van der Waals surface area contributed by atoms with E-state index in [1.54, 1.807) is 6.07 Å². The average molecular weight is 265 g/mol. The second-order valence-electron chi connectivity index (χ2n) is 4.48. The minimum atomic E-state index is -0.205. The number of ether oxygens (including phenoxy) is 1. The highest BCUT2D eigenvalue weighted by atomic mass is 16.5. The topological polar surface area (TPSA) is 87.8 Å². The first-order valence-electron chi connectivity index (χ1n) is 6.33. The number of nitrogens with one attached hydrogen (secondary N) is 1. The molecular weight excluding hydrogens is 246 g/mol. The van der Waals surface area contributed by atoms with Crippen molar-refractivity contribution in [3.05, 3.63) is 23.8 Å². The fourth-order valence-corrected chi connectivity index (χ4v) is 1.94. The first-order chi connectivity index (χ1) is 9.16. The van der Waals surface area contributed by atoms with E-state index in [2.05, 4.69) is 10.2 Å². The molecule has 1 aliphatic rings. The van der Waals surface area contributed by atoms with E-state index in [0.717, 1.165) is 32.8 Å². The minimum Gasteiger partial charge on any atom is -0.506 e. The standard InChI is InChI=1S/C13H19N3O3/c14-11-2-1-10(9-12(11)17)13(18)15-3-4-16-5-7-19-8-6-16/h1-2,9,17H,3-8,14H2,(H,15,18). The van der Waals surface area contributed by atoms with Crippen molar-refractivity contribution in [3.63, 3.8) is 0 Å². The van der Waals surface area contributed by atoms with Crippen molar-refractivity contribution in [3.8, 4) is 5.75 Å². The first kappa shape index (κ1) is 13.6. The molecule has 1 amide bonds. The Morgan fingerprint density at radius 2 is 2.16 bits per heavy atom. The van der Waals surface area contributed by atoms with Crippen LogP contribution in [0.15, 0.2) is 18.2 Å². The SMILES string of the molecule is Nc1ccc(C(=O)NCCN2CCOCC2)cc1O. The van der Waals surface area contributed by atoms with Crippen molar-refractivity contribution in [1.82, 2.24) is 10.2 Å². The molecule has 0 saturated carbocycles. The molecule has 19 heavy (non-hydrogen) atoms. The monoisotopic (exact) mass is 265 g/mol. The molecular formula is C13H19N3O3. The Hall–Kier alpha value is -1.79. The number of anilines is 1. The summed E-state index contributed by atoms with van der Waals surface area (Å²) in [6.07, 6.45) is 0. The van der Waals surface area contributed by atoms with Gasteiger partial charge in [-0.3, -0.25) is 9.69 Å². The number of carbonyl (C=O) groups excluding carboxylic acids is 1. The zero-order valence-corrected chi connectivity index (χ0v) is 10.8. The van der Waals surface area contributed by atoms with Crippen molar-refractivity contribution < 1.29 is 14.6 Å². The maximum Gasteiger partial charge on any atom is 0.251 e. The summed E-state index contributed by atoms with van der Waals surface area (Å²) in [6, 6.07) is 4.49. The molecule has 4 N–H and O–H groups in total. The number of carbonyl (C=O) groups is 1. The highest BCUT2D eigenvalue weighted by Gasteiger charge is 2.11. The van der Waals surface area contributed by atoms with Crippen LogP contribution in [0.4, 0.5) is 5.69 Å². The van der Waals surface area contributed by atoms with Crippen LogP contribution in [0.1, 0.15) is 10.4 Å². The van der Waals surface area contributed by atoms with Crippen molar-refractivity contribution >= 4 is 11.6 Å². The summed E-state index contributed by atoms with van der Waals surface area (Å²) in [5.41, 5.74) is 6.17. The van der Waals surface area contributed by atoms with Crippen LogP contribution in [0.2, 0.25) is 0 Å². The zero-order chi connectivity index (χ0) is 13.7. The van der Waals surface area contributed by atoms with Gasteiger partial charge in [-0.25, -0.2) is 0 Å². The number of amides is 1. The van der Waals surface area contributed by atoms with Gasteiger partial charge in [-0.05, 0) is 18.2 Å². The Bertz CT molecular complexity index is 445. The fourth-order valence-electron chi connectivity index (χ4n) is 1.94. The van der Waals surface area contributed by atoms with Crippen LogP contribution < -0.4 is 11.1 Å². The Labute approximate surface area is 112 Å². The van der Waals surface area contributed by atoms with Gasteiger partial charge in [-0.1, -0.05) is 0 Å². The molecule has 0 unspecified atom stereocenters. The van der Waals surface area contributed by atoms with Gasteiger partial charge in [-0.2, -0.15) is 0 Å². The number of nitrogen functional groups attached to an aromatic ring is 1. The van der Waals surface area contributed by atoms with E-state index in [4.69, 9.17) is 10.5 Å². The zero-order valence-electron chi connectivity index (χ0n) is 10.8. The Morgan fingerprint density at radius 1 is 1.42 bits per heavy atom. The number of nitrogens with two attached hydrogens (primary N) is 1. The molecule has 0 atom stereocenters. The highest BCUT2D eigenvalue weighted by Crippen LogP contribution is 2.20. The number of phenolic OH excluding ortho intramolecular Hbond substituents is 1. The van der Waals surface area contributed by atoms with E-state index in [0.29, 0.717) is 12.1 Å². The van der Waals surface area contributed by atoms with Crippen molar-refractivity contribution in [2.75, 3.05) is 45.1 Å². The van der Waals surface area contributed by atoms with Crippen LogP contribution in [0.5, 0.6) is 5.75 Å². The number of hydrogen-bond donors (Lipinski definition) is 3. The Balaban J connectivity index is 1.78. The Morgan fingerprint density at radius 3 is 2.84 bits per heavy atom. The Kier molecular flexibility index (Phi) is 4.59. The van der Waals surface area contributed by atoms with E-state index in [-0.39, 0.29) is 17.3 Å². The van der Waals surface area contributed by atoms with Crippen LogP contribution in [0, 0.1) is 0 Å². The first-order valence-corrected chi connectivity index (χ1v) is 6.33. The summed E-state index contributed by atoms with van der Waals surface area (Å²) in [5, 5.41) is 12.3. The summed E-state index contributed by atoms with van der Waals surface area (Å²) in [5.74, 6) is -0.274. The molecule has 1 fully saturated rings. The highest BCUT2D eigenvalue weighted by molar-refractivity contribution is 5.95. The van der Waals surface area contributed by atoms with Gasteiger partial charge >= 0.3 is 0 Å². The average Bonchev–Trinajstić information content (AvgIpc) is 2.43. The van der Waals surface area contributed by atoms with E-state index in [1.165, 1.54) is 12.1 Å². The van der Waals surface area contributed by atoms with Gasteiger partial charge in [0.1, 0.15) is 5.75 Å². The second kappa shape index (κ2) is 6.40. The molecule has 0 aromatic heterocycles. The molecule has 6 nitrogen and oxygen atoms in total. The molecule has 0 radical (unpaired) electrons. The number of aromatic hydroxyl groups is 1. The van der Waals surface area contributed by atoms with Gasteiger partial charge < -0.3 is 20.9 Å². The number of benzene rings is 1.